The largest absolute Gasteiger partial charge is 0.491 e. The van der Waals surface area contributed by atoms with Crippen LogP contribution in [0, 0.1) is 0 Å². The highest BCUT2D eigenvalue weighted by Crippen LogP contribution is 2.38. The Kier molecular flexibility index (Phi) is 5.18. The lowest BCUT2D eigenvalue weighted by atomic mass is 10.0. The van der Waals surface area contributed by atoms with Crippen LogP contribution in [0.3, 0.4) is 0 Å². The molecule has 0 bridgehead atoms. The maximum atomic E-state index is 5.58. The molecule has 1 aliphatic carbocycles. The summed E-state index contributed by atoms with van der Waals surface area (Å²) >= 11 is 0. The van der Waals surface area contributed by atoms with Crippen molar-refractivity contribution in [2.45, 2.75) is 50.6 Å². The molecule has 0 spiro atoms. The van der Waals surface area contributed by atoms with Gasteiger partial charge in [-0.2, -0.15) is 0 Å². The van der Waals surface area contributed by atoms with Crippen molar-refractivity contribution in [3.63, 3.8) is 0 Å². The predicted octanol–water partition coefficient (Wildman–Crippen LogP) is 2.80. The molecule has 0 saturated carbocycles. The van der Waals surface area contributed by atoms with Gasteiger partial charge in [-0.3, -0.25) is 9.88 Å². The number of rotatable bonds is 5. The van der Waals surface area contributed by atoms with Gasteiger partial charge in [0, 0.05) is 43.5 Å². The fourth-order valence-corrected chi connectivity index (χ4v) is 5.02. The SMILES string of the molecule is COc1cc2nc3c(c(NC4CCN(C5CCOC5)CC4)c2nc1OC)CCC3. The number of nitrogens with one attached hydrogen (secondary N) is 1. The van der Waals surface area contributed by atoms with Crippen LogP contribution in [0.4, 0.5) is 5.69 Å². The van der Waals surface area contributed by atoms with Gasteiger partial charge in [-0.25, -0.2) is 4.98 Å². The maximum Gasteiger partial charge on any atom is 0.257 e. The van der Waals surface area contributed by atoms with Gasteiger partial charge < -0.3 is 19.5 Å². The van der Waals surface area contributed by atoms with E-state index < -0.39 is 0 Å². The summed E-state index contributed by atoms with van der Waals surface area (Å²) < 4.78 is 16.5. The fraction of sp³-hybridized carbons (Fsp3) is 0.636. The van der Waals surface area contributed by atoms with E-state index >= 15 is 0 Å². The van der Waals surface area contributed by atoms with Gasteiger partial charge in [0.1, 0.15) is 5.52 Å². The zero-order valence-electron chi connectivity index (χ0n) is 17.4. The van der Waals surface area contributed by atoms with E-state index in [1.54, 1.807) is 14.2 Å². The molecule has 2 aliphatic heterocycles. The van der Waals surface area contributed by atoms with Gasteiger partial charge in [-0.05, 0) is 44.1 Å². The lowest BCUT2D eigenvalue weighted by Crippen LogP contribution is -2.45. The Labute approximate surface area is 171 Å². The molecule has 1 unspecified atom stereocenters. The van der Waals surface area contributed by atoms with Crippen LogP contribution in [0.25, 0.3) is 11.0 Å². The van der Waals surface area contributed by atoms with E-state index in [0.29, 0.717) is 23.7 Å². The molecule has 5 rings (SSSR count). The van der Waals surface area contributed by atoms with Crippen LogP contribution in [-0.2, 0) is 17.6 Å². The molecule has 0 amide bonds. The minimum Gasteiger partial charge on any atom is -0.491 e. The van der Waals surface area contributed by atoms with Gasteiger partial charge in [-0.1, -0.05) is 0 Å². The number of aryl methyl sites for hydroxylation is 1. The molecule has 0 radical (unpaired) electrons. The van der Waals surface area contributed by atoms with Gasteiger partial charge in [-0.15, -0.1) is 0 Å². The van der Waals surface area contributed by atoms with E-state index in [4.69, 9.17) is 24.2 Å². The Bertz CT molecular complexity index is 889. The second kappa shape index (κ2) is 7.95. The highest BCUT2D eigenvalue weighted by atomic mass is 16.5. The van der Waals surface area contributed by atoms with Crippen LogP contribution in [0.1, 0.15) is 36.9 Å². The molecular formula is C22H30N4O3. The zero-order valence-corrected chi connectivity index (χ0v) is 17.4. The van der Waals surface area contributed by atoms with Gasteiger partial charge in [0.25, 0.3) is 5.88 Å². The molecular weight excluding hydrogens is 368 g/mol. The third-order valence-electron chi connectivity index (χ3n) is 6.63. The lowest BCUT2D eigenvalue weighted by molar-refractivity contribution is 0.124. The van der Waals surface area contributed by atoms with E-state index in [2.05, 4.69) is 10.2 Å². The topological polar surface area (TPSA) is 68.7 Å². The Morgan fingerprint density at radius 1 is 1.10 bits per heavy atom. The molecule has 2 aromatic rings. The van der Waals surface area contributed by atoms with E-state index in [9.17, 15) is 0 Å². The first kappa shape index (κ1) is 18.9. The van der Waals surface area contributed by atoms with E-state index in [0.717, 1.165) is 75.1 Å². The number of likely N-dealkylation sites (tertiary alicyclic amines) is 1. The molecule has 3 aliphatic rings. The first-order chi connectivity index (χ1) is 14.3. The average Bonchev–Trinajstić information content (AvgIpc) is 3.45. The second-order valence-corrected chi connectivity index (χ2v) is 8.31. The van der Waals surface area contributed by atoms with Crippen LogP contribution in [0.15, 0.2) is 6.07 Å². The molecule has 0 aromatic carbocycles. The third kappa shape index (κ3) is 3.51. The van der Waals surface area contributed by atoms with E-state index in [1.165, 1.54) is 17.7 Å². The first-order valence-electron chi connectivity index (χ1n) is 10.8. The fourth-order valence-electron chi connectivity index (χ4n) is 5.02. The summed E-state index contributed by atoms with van der Waals surface area (Å²) in [5, 5.41) is 3.87. The zero-order chi connectivity index (χ0) is 19.8. The molecule has 156 valence electrons. The van der Waals surface area contributed by atoms with Crippen molar-refractivity contribution in [2.24, 2.45) is 0 Å². The van der Waals surface area contributed by atoms with Gasteiger partial charge in [0.05, 0.1) is 32.0 Å². The quantitative estimate of drug-likeness (QED) is 0.831. The summed E-state index contributed by atoms with van der Waals surface area (Å²) in [6.07, 6.45) is 6.71. The number of fused-ring (bicyclic) bond motifs is 2. The average molecular weight is 399 g/mol. The highest BCUT2D eigenvalue weighted by Gasteiger charge is 2.29. The smallest absolute Gasteiger partial charge is 0.257 e. The Morgan fingerprint density at radius 2 is 1.97 bits per heavy atom. The minimum absolute atomic E-state index is 0.457. The summed E-state index contributed by atoms with van der Waals surface area (Å²) in [7, 11) is 3.27. The normalized spacial score (nSPS) is 22.8. The van der Waals surface area contributed by atoms with Crippen molar-refractivity contribution < 1.29 is 14.2 Å². The van der Waals surface area contributed by atoms with Crippen molar-refractivity contribution in [2.75, 3.05) is 45.8 Å². The number of hydrogen-bond donors (Lipinski definition) is 1. The molecule has 7 nitrogen and oxygen atoms in total. The lowest BCUT2D eigenvalue weighted by Gasteiger charge is -2.36. The van der Waals surface area contributed by atoms with Crippen molar-refractivity contribution in [1.29, 1.82) is 0 Å². The summed E-state index contributed by atoms with van der Waals surface area (Å²) in [5.74, 6) is 1.14. The summed E-state index contributed by atoms with van der Waals surface area (Å²) in [5.41, 5.74) is 5.48. The van der Waals surface area contributed by atoms with Crippen molar-refractivity contribution in [1.82, 2.24) is 14.9 Å². The second-order valence-electron chi connectivity index (χ2n) is 8.31. The standard InChI is InChI=1S/C22H30N4O3/c1-27-19-12-18-21(25-22(19)28-2)20(16-4-3-5-17(16)24-18)23-14-6-9-26(10-7-14)15-8-11-29-13-15/h12,14-15H,3-11,13H2,1-2H3,(H,23,24). The van der Waals surface area contributed by atoms with Gasteiger partial charge >= 0.3 is 0 Å². The van der Waals surface area contributed by atoms with Crippen molar-refractivity contribution >= 4 is 16.7 Å². The Balaban J connectivity index is 1.43. The Hall–Kier alpha value is -2.12. The number of ether oxygens (including phenoxy) is 3. The number of pyridine rings is 2. The number of nitrogens with zero attached hydrogens (tertiary/aromatic N) is 3. The molecule has 2 fully saturated rings. The number of hydrogen-bond acceptors (Lipinski definition) is 7. The monoisotopic (exact) mass is 398 g/mol. The molecule has 7 heteroatoms. The summed E-state index contributed by atoms with van der Waals surface area (Å²) in [4.78, 5) is 12.3. The van der Waals surface area contributed by atoms with Crippen LogP contribution in [0.2, 0.25) is 0 Å². The highest BCUT2D eigenvalue weighted by molar-refractivity contribution is 5.92. The number of anilines is 1. The summed E-state index contributed by atoms with van der Waals surface area (Å²) in [6.45, 7) is 4.06. The minimum atomic E-state index is 0.457. The molecule has 2 aromatic heterocycles. The molecule has 1 atom stereocenters. The number of methoxy groups -OCH3 is 2. The van der Waals surface area contributed by atoms with Crippen LogP contribution in [-0.4, -0.2) is 67.5 Å². The van der Waals surface area contributed by atoms with Crippen LogP contribution in [0.5, 0.6) is 11.6 Å². The van der Waals surface area contributed by atoms with Crippen molar-refractivity contribution in [3.8, 4) is 11.6 Å². The van der Waals surface area contributed by atoms with Gasteiger partial charge in [0.15, 0.2) is 5.75 Å². The molecule has 4 heterocycles. The Morgan fingerprint density at radius 3 is 2.69 bits per heavy atom. The molecule has 29 heavy (non-hydrogen) atoms. The van der Waals surface area contributed by atoms with Crippen LogP contribution >= 0.6 is 0 Å². The first-order valence-corrected chi connectivity index (χ1v) is 10.8. The maximum absolute atomic E-state index is 5.58. The summed E-state index contributed by atoms with van der Waals surface area (Å²) in [6, 6.07) is 3.02. The van der Waals surface area contributed by atoms with Crippen LogP contribution < -0.4 is 14.8 Å². The van der Waals surface area contributed by atoms with E-state index in [1.807, 2.05) is 6.07 Å². The van der Waals surface area contributed by atoms with E-state index in [-0.39, 0.29) is 0 Å². The third-order valence-corrected chi connectivity index (χ3v) is 6.63. The molecule has 1 N–H and O–H groups in total. The number of aromatic nitrogens is 2. The van der Waals surface area contributed by atoms with Gasteiger partial charge in [0.2, 0.25) is 0 Å². The molecule has 2 saturated heterocycles. The predicted molar refractivity (Wildman–Crippen MR) is 112 cm³/mol. The number of piperidine rings is 1. The van der Waals surface area contributed by atoms with Crippen molar-refractivity contribution in [3.05, 3.63) is 17.3 Å².